The van der Waals surface area contributed by atoms with Gasteiger partial charge in [0.1, 0.15) is 5.75 Å². The predicted molar refractivity (Wildman–Crippen MR) is 147 cm³/mol. The van der Waals surface area contributed by atoms with E-state index in [0.29, 0.717) is 47.6 Å². The summed E-state index contributed by atoms with van der Waals surface area (Å²) in [6, 6.07) is 21.8. The normalized spacial score (nSPS) is 14.7. The molecule has 0 saturated carbocycles. The molecule has 1 aliphatic rings. The molecule has 3 aromatic rings. The number of halogens is 2. The van der Waals surface area contributed by atoms with Crippen molar-refractivity contribution >= 4 is 35.1 Å². The lowest BCUT2D eigenvalue weighted by Gasteiger charge is -2.36. The van der Waals surface area contributed by atoms with Crippen LogP contribution < -0.4 is 4.74 Å². The molecule has 1 atom stereocenters. The molecular formula is C29H30Cl2N2O5. The topological polar surface area (TPSA) is 68.3 Å². The maximum atomic E-state index is 12.7. The van der Waals surface area contributed by atoms with E-state index in [0.717, 1.165) is 24.2 Å². The second kappa shape index (κ2) is 13.6. The van der Waals surface area contributed by atoms with E-state index in [2.05, 4.69) is 4.90 Å². The van der Waals surface area contributed by atoms with Crippen molar-refractivity contribution in [2.45, 2.75) is 12.7 Å². The minimum atomic E-state index is -0.370. The third-order valence-corrected chi connectivity index (χ3v) is 6.90. The number of ether oxygens (including phenoxy) is 3. The summed E-state index contributed by atoms with van der Waals surface area (Å²) in [5, 5.41) is 1.29. The molecular weight excluding hydrogens is 527 g/mol. The van der Waals surface area contributed by atoms with Gasteiger partial charge in [0.15, 0.2) is 6.61 Å². The smallest absolute Gasteiger partial charge is 0.337 e. The summed E-state index contributed by atoms with van der Waals surface area (Å²) >= 11 is 12.0. The molecule has 0 bridgehead atoms. The summed E-state index contributed by atoms with van der Waals surface area (Å²) in [7, 11) is 1.36. The van der Waals surface area contributed by atoms with Crippen LogP contribution >= 0.6 is 23.2 Å². The van der Waals surface area contributed by atoms with Crippen LogP contribution in [0.5, 0.6) is 5.75 Å². The van der Waals surface area contributed by atoms with Crippen molar-refractivity contribution in [1.29, 1.82) is 0 Å². The SMILES string of the molecule is COC(=O)c1ccc(COC(CN2CCN(C(=O)COc3ccc(Cl)cc3)CC2)c2ccc(Cl)cc2)cc1. The molecule has 7 nitrogen and oxygen atoms in total. The van der Waals surface area contributed by atoms with Crippen molar-refractivity contribution in [1.82, 2.24) is 9.80 Å². The largest absolute Gasteiger partial charge is 0.484 e. The molecule has 0 aliphatic carbocycles. The van der Waals surface area contributed by atoms with Gasteiger partial charge in [0.25, 0.3) is 5.91 Å². The number of methoxy groups -OCH3 is 1. The predicted octanol–water partition coefficient (Wildman–Crippen LogP) is 5.26. The molecule has 1 unspecified atom stereocenters. The molecule has 4 rings (SSSR count). The Bertz CT molecular complexity index is 1200. The van der Waals surface area contributed by atoms with Crippen molar-refractivity contribution in [3.63, 3.8) is 0 Å². The quantitative estimate of drug-likeness (QED) is 0.317. The van der Waals surface area contributed by atoms with E-state index in [1.54, 1.807) is 36.4 Å². The summed E-state index contributed by atoms with van der Waals surface area (Å²) < 4.78 is 16.7. The highest BCUT2D eigenvalue weighted by atomic mass is 35.5. The fraction of sp³-hybridized carbons (Fsp3) is 0.310. The number of esters is 1. The van der Waals surface area contributed by atoms with Gasteiger partial charge in [0.05, 0.1) is 25.4 Å². The number of hydrogen-bond donors (Lipinski definition) is 0. The second-order valence-corrected chi connectivity index (χ2v) is 9.84. The summed E-state index contributed by atoms with van der Waals surface area (Å²) in [6.07, 6.45) is -0.192. The first-order valence-electron chi connectivity index (χ1n) is 12.3. The summed E-state index contributed by atoms with van der Waals surface area (Å²) in [6.45, 7) is 3.74. The van der Waals surface area contributed by atoms with E-state index in [1.807, 2.05) is 41.3 Å². The lowest BCUT2D eigenvalue weighted by molar-refractivity contribution is -0.135. The minimum absolute atomic E-state index is 0.00703. The fourth-order valence-corrected chi connectivity index (χ4v) is 4.42. The van der Waals surface area contributed by atoms with Gasteiger partial charge in [-0.05, 0) is 59.7 Å². The van der Waals surface area contributed by atoms with Gasteiger partial charge in [0.2, 0.25) is 0 Å². The van der Waals surface area contributed by atoms with Crippen LogP contribution in [0, 0.1) is 0 Å². The number of hydrogen-bond acceptors (Lipinski definition) is 6. The number of carbonyl (C=O) groups is 2. The molecule has 0 spiro atoms. The highest BCUT2D eigenvalue weighted by molar-refractivity contribution is 6.30. The Hall–Kier alpha value is -3.10. The summed E-state index contributed by atoms with van der Waals surface area (Å²) in [4.78, 5) is 28.5. The Morgan fingerprint density at radius 1 is 0.842 bits per heavy atom. The molecule has 0 N–H and O–H groups in total. The lowest BCUT2D eigenvalue weighted by atomic mass is 10.1. The lowest BCUT2D eigenvalue weighted by Crippen LogP contribution is -2.50. The number of piperazine rings is 1. The number of nitrogens with zero attached hydrogens (tertiary/aromatic N) is 2. The molecule has 0 radical (unpaired) electrons. The fourth-order valence-electron chi connectivity index (χ4n) is 4.17. The average molecular weight is 557 g/mol. The highest BCUT2D eigenvalue weighted by Crippen LogP contribution is 2.24. The van der Waals surface area contributed by atoms with Crippen LogP contribution in [-0.4, -0.2) is 68.1 Å². The number of carbonyl (C=O) groups excluding carboxylic acids is 2. The molecule has 1 heterocycles. The zero-order valence-corrected chi connectivity index (χ0v) is 22.7. The average Bonchev–Trinajstić information content (AvgIpc) is 2.95. The Morgan fingerprint density at radius 2 is 1.45 bits per heavy atom. The molecule has 38 heavy (non-hydrogen) atoms. The van der Waals surface area contributed by atoms with Gasteiger partial charge in [-0.2, -0.15) is 0 Å². The number of amides is 1. The molecule has 0 aromatic heterocycles. The van der Waals surface area contributed by atoms with Gasteiger partial charge >= 0.3 is 5.97 Å². The summed E-state index contributed by atoms with van der Waals surface area (Å²) in [5.74, 6) is 0.204. The van der Waals surface area contributed by atoms with Gasteiger partial charge in [-0.25, -0.2) is 4.79 Å². The maximum absolute atomic E-state index is 12.7. The molecule has 1 amide bonds. The van der Waals surface area contributed by atoms with Gasteiger partial charge in [-0.3, -0.25) is 9.69 Å². The van der Waals surface area contributed by atoms with Gasteiger partial charge < -0.3 is 19.1 Å². The molecule has 200 valence electrons. The Balaban J connectivity index is 1.31. The van der Waals surface area contributed by atoms with Gasteiger partial charge in [-0.15, -0.1) is 0 Å². The van der Waals surface area contributed by atoms with Gasteiger partial charge in [0, 0.05) is 42.8 Å². The van der Waals surface area contributed by atoms with E-state index in [1.165, 1.54) is 7.11 Å². The monoisotopic (exact) mass is 556 g/mol. The van der Waals surface area contributed by atoms with Gasteiger partial charge in [-0.1, -0.05) is 47.5 Å². The Labute approximate surface area is 232 Å². The van der Waals surface area contributed by atoms with Crippen LogP contribution in [0.3, 0.4) is 0 Å². The highest BCUT2D eigenvalue weighted by Gasteiger charge is 2.24. The van der Waals surface area contributed by atoms with Crippen LogP contribution in [0.4, 0.5) is 0 Å². The molecule has 1 saturated heterocycles. The molecule has 1 fully saturated rings. The Morgan fingerprint density at radius 3 is 2.05 bits per heavy atom. The number of benzene rings is 3. The summed E-state index contributed by atoms with van der Waals surface area (Å²) in [5.41, 5.74) is 2.47. The van der Waals surface area contributed by atoms with E-state index in [9.17, 15) is 9.59 Å². The molecule has 9 heteroatoms. The first kappa shape index (κ1) is 27.9. The number of rotatable bonds is 10. The van der Waals surface area contributed by atoms with Crippen molar-refractivity contribution in [3.05, 3.63) is 99.5 Å². The van der Waals surface area contributed by atoms with E-state index in [-0.39, 0.29) is 24.6 Å². The first-order chi connectivity index (χ1) is 18.4. The van der Waals surface area contributed by atoms with Crippen LogP contribution in [0.1, 0.15) is 27.6 Å². The van der Waals surface area contributed by atoms with Crippen molar-refractivity contribution < 1.29 is 23.8 Å². The van der Waals surface area contributed by atoms with Crippen LogP contribution in [-0.2, 0) is 20.9 Å². The maximum Gasteiger partial charge on any atom is 0.337 e. The standard InChI is InChI=1S/C29H30Cl2N2O5/c1-36-29(35)23-4-2-21(3-5-23)19-38-27(22-6-8-24(30)9-7-22)18-32-14-16-33(17-15-32)28(34)20-37-26-12-10-25(31)11-13-26/h2-13,27H,14-20H2,1H3. The third kappa shape index (κ3) is 7.95. The van der Waals surface area contributed by atoms with E-state index in [4.69, 9.17) is 37.4 Å². The first-order valence-corrected chi connectivity index (χ1v) is 13.1. The van der Waals surface area contributed by atoms with E-state index >= 15 is 0 Å². The van der Waals surface area contributed by atoms with Crippen LogP contribution in [0.2, 0.25) is 10.0 Å². The molecule has 3 aromatic carbocycles. The van der Waals surface area contributed by atoms with Crippen LogP contribution in [0.15, 0.2) is 72.8 Å². The van der Waals surface area contributed by atoms with Crippen LogP contribution in [0.25, 0.3) is 0 Å². The zero-order valence-electron chi connectivity index (χ0n) is 21.1. The molecule has 1 aliphatic heterocycles. The van der Waals surface area contributed by atoms with E-state index < -0.39 is 0 Å². The van der Waals surface area contributed by atoms with Crippen molar-refractivity contribution in [3.8, 4) is 5.75 Å². The minimum Gasteiger partial charge on any atom is -0.484 e. The second-order valence-electron chi connectivity index (χ2n) is 8.96. The third-order valence-electron chi connectivity index (χ3n) is 6.39. The van der Waals surface area contributed by atoms with Crippen molar-refractivity contribution in [2.24, 2.45) is 0 Å². The Kier molecular flexibility index (Phi) is 10.0. The van der Waals surface area contributed by atoms with Crippen molar-refractivity contribution in [2.75, 3.05) is 46.4 Å². The zero-order chi connectivity index (χ0) is 26.9.